The molecule has 3 fully saturated rings. The summed E-state index contributed by atoms with van der Waals surface area (Å²) in [6, 6.07) is 0. The van der Waals surface area contributed by atoms with Crippen LogP contribution in [0.5, 0.6) is 0 Å². The first-order valence-electron chi connectivity index (χ1n) is 14.4. The molecule has 3 aliphatic carbocycles. The molecule has 5 nitrogen and oxygen atoms in total. The van der Waals surface area contributed by atoms with Crippen LogP contribution in [0.1, 0.15) is 98.3 Å². The molecule has 0 aliphatic heterocycles. The van der Waals surface area contributed by atoms with Gasteiger partial charge in [-0.3, -0.25) is 0 Å². The van der Waals surface area contributed by atoms with Gasteiger partial charge in [0, 0.05) is 19.6 Å². The van der Waals surface area contributed by atoms with Crippen LogP contribution in [0.4, 0.5) is 0 Å². The van der Waals surface area contributed by atoms with Crippen molar-refractivity contribution in [2.24, 2.45) is 23.2 Å². The second-order valence-electron chi connectivity index (χ2n) is 12.7. The molecule has 0 aromatic rings. The molecule has 36 heavy (non-hydrogen) atoms. The fraction of sp³-hybridized carbons (Fsp3) is 0.806. The molecular weight excluding hydrogens is 452 g/mol. The first kappa shape index (κ1) is 29.6. The summed E-state index contributed by atoms with van der Waals surface area (Å²) in [7, 11) is 0. The van der Waals surface area contributed by atoms with E-state index < -0.39 is 23.9 Å². The van der Waals surface area contributed by atoms with Crippen molar-refractivity contribution in [2.75, 3.05) is 13.2 Å². The van der Waals surface area contributed by atoms with Crippen LogP contribution in [0.3, 0.4) is 0 Å². The van der Waals surface area contributed by atoms with E-state index >= 15 is 0 Å². The maximum Gasteiger partial charge on any atom is 0.114 e. The molecule has 0 aromatic carbocycles. The van der Waals surface area contributed by atoms with Crippen LogP contribution in [0.25, 0.3) is 0 Å². The van der Waals surface area contributed by atoms with E-state index in [9.17, 15) is 15.3 Å². The van der Waals surface area contributed by atoms with Crippen LogP contribution in [-0.4, -0.2) is 57.6 Å². The third kappa shape index (κ3) is 7.11. The van der Waals surface area contributed by atoms with Gasteiger partial charge in [0.15, 0.2) is 0 Å². The molecule has 0 aromatic heterocycles. The zero-order valence-electron chi connectivity index (χ0n) is 23.2. The van der Waals surface area contributed by atoms with E-state index in [1.165, 1.54) is 37.7 Å². The van der Waals surface area contributed by atoms with Crippen LogP contribution in [0.2, 0.25) is 0 Å². The highest BCUT2D eigenvalue weighted by atomic mass is 16.5. The molecule has 3 aliphatic rings. The summed E-state index contributed by atoms with van der Waals surface area (Å²) in [4.78, 5) is 0. The quantitative estimate of drug-likeness (QED) is 0.280. The van der Waals surface area contributed by atoms with Gasteiger partial charge in [0.1, 0.15) is 12.2 Å². The Balaban J connectivity index is 1.65. The molecule has 3 rings (SSSR count). The molecule has 206 valence electrons. The van der Waals surface area contributed by atoms with Crippen molar-refractivity contribution in [1.29, 1.82) is 0 Å². The van der Waals surface area contributed by atoms with E-state index in [1.807, 2.05) is 13.8 Å². The van der Waals surface area contributed by atoms with E-state index in [4.69, 9.17) is 9.84 Å². The first-order valence-corrected chi connectivity index (χ1v) is 14.4. The minimum atomic E-state index is -0.912. The fourth-order valence-corrected chi connectivity index (χ4v) is 7.36. The SMILES string of the molecule is C=C1/C(=C\C=C2\CCC[C@]3(C)[C@@H]([C@H](C)CCCC(C)(C)O)CC[C@@H]23)C[C@@H](O)[C@H](OCCCCO)[C@@H]1O. The molecule has 0 bridgehead atoms. The number of rotatable bonds is 11. The van der Waals surface area contributed by atoms with Crippen LogP contribution in [0.15, 0.2) is 35.5 Å². The summed E-state index contributed by atoms with van der Waals surface area (Å²) in [6.07, 6.45) is 13.1. The van der Waals surface area contributed by atoms with Crippen molar-refractivity contribution < 1.29 is 25.2 Å². The zero-order valence-corrected chi connectivity index (χ0v) is 23.2. The van der Waals surface area contributed by atoms with Crippen molar-refractivity contribution in [3.8, 4) is 0 Å². The third-order valence-corrected chi connectivity index (χ3v) is 9.42. The van der Waals surface area contributed by atoms with Gasteiger partial charge in [0.25, 0.3) is 0 Å². The van der Waals surface area contributed by atoms with Gasteiger partial charge < -0.3 is 25.2 Å². The molecule has 5 heteroatoms. The summed E-state index contributed by atoms with van der Waals surface area (Å²) < 4.78 is 5.74. The smallest absolute Gasteiger partial charge is 0.114 e. The lowest BCUT2D eigenvalue weighted by molar-refractivity contribution is -0.0958. The lowest BCUT2D eigenvalue weighted by Crippen LogP contribution is -2.45. The Bertz CT molecular complexity index is 793. The molecule has 0 radical (unpaired) electrons. The van der Waals surface area contributed by atoms with Crippen molar-refractivity contribution >= 4 is 0 Å². The highest BCUT2D eigenvalue weighted by Crippen LogP contribution is 2.60. The van der Waals surface area contributed by atoms with Gasteiger partial charge in [0.05, 0.1) is 11.7 Å². The summed E-state index contributed by atoms with van der Waals surface area (Å²) >= 11 is 0. The summed E-state index contributed by atoms with van der Waals surface area (Å²) in [5.41, 5.74) is 2.83. The van der Waals surface area contributed by atoms with E-state index in [-0.39, 0.29) is 6.61 Å². The Morgan fingerprint density at radius 3 is 2.61 bits per heavy atom. The standard InChI is InChI=1S/C31H52O5/c1-21(10-8-16-30(3,4)35)25-14-15-26-23(11-9-17-31(25,26)5)12-13-24-20-27(33)29(28(34)22(24)2)36-19-7-6-18-32/h12-13,21,25-29,32-35H,2,6-11,14-20H2,1,3-5H3/b23-12-,24-13-/t21-,25-,26+,27-,28-,29+,31-/m1/s1. The van der Waals surface area contributed by atoms with Gasteiger partial charge in [-0.1, -0.05) is 51.0 Å². The van der Waals surface area contributed by atoms with Crippen LogP contribution < -0.4 is 0 Å². The van der Waals surface area contributed by atoms with Crippen LogP contribution >= 0.6 is 0 Å². The number of allylic oxidation sites excluding steroid dienone is 3. The first-order chi connectivity index (χ1) is 17.0. The molecule has 3 saturated carbocycles. The molecular formula is C31H52O5. The largest absolute Gasteiger partial charge is 0.396 e. The summed E-state index contributed by atoms with van der Waals surface area (Å²) in [5, 5.41) is 40.5. The summed E-state index contributed by atoms with van der Waals surface area (Å²) in [6.45, 7) is 13.4. The van der Waals surface area contributed by atoms with Gasteiger partial charge in [0.2, 0.25) is 0 Å². The predicted octanol–water partition coefficient (Wildman–Crippen LogP) is 5.47. The molecule has 0 spiro atoms. The van der Waals surface area contributed by atoms with Crippen molar-refractivity contribution in [1.82, 2.24) is 0 Å². The maximum atomic E-state index is 10.8. The van der Waals surface area contributed by atoms with Crippen molar-refractivity contribution in [3.05, 3.63) is 35.5 Å². The highest BCUT2D eigenvalue weighted by molar-refractivity contribution is 5.40. The van der Waals surface area contributed by atoms with E-state index in [1.54, 1.807) is 0 Å². The van der Waals surface area contributed by atoms with E-state index in [0.29, 0.717) is 48.7 Å². The molecule has 0 unspecified atom stereocenters. The Kier molecular flexibility index (Phi) is 10.4. The second kappa shape index (κ2) is 12.7. The van der Waals surface area contributed by atoms with E-state index in [0.717, 1.165) is 30.8 Å². The van der Waals surface area contributed by atoms with E-state index in [2.05, 4.69) is 32.6 Å². The minimum absolute atomic E-state index is 0.120. The average molecular weight is 505 g/mol. The Labute approximate surface area is 219 Å². The maximum absolute atomic E-state index is 10.8. The number of aliphatic hydroxyl groups excluding tert-OH is 3. The number of hydrogen-bond acceptors (Lipinski definition) is 5. The number of fused-ring (bicyclic) bond motifs is 1. The van der Waals surface area contributed by atoms with Gasteiger partial charge >= 0.3 is 0 Å². The molecule has 0 saturated heterocycles. The topological polar surface area (TPSA) is 90.2 Å². The number of hydrogen-bond donors (Lipinski definition) is 4. The zero-order chi connectivity index (χ0) is 26.5. The third-order valence-electron chi connectivity index (χ3n) is 9.42. The molecule has 4 N–H and O–H groups in total. The Morgan fingerprint density at radius 1 is 1.17 bits per heavy atom. The number of ether oxygens (including phenoxy) is 1. The van der Waals surface area contributed by atoms with Gasteiger partial charge in [-0.05, 0) is 99.5 Å². The normalized spacial score (nSPS) is 36.4. The Morgan fingerprint density at radius 2 is 1.92 bits per heavy atom. The van der Waals surface area contributed by atoms with Gasteiger partial charge in [-0.2, -0.15) is 0 Å². The Hall–Kier alpha value is -0.980. The molecule has 0 amide bonds. The van der Waals surface area contributed by atoms with Gasteiger partial charge in [-0.25, -0.2) is 0 Å². The number of aliphatic hydroxyl groups is 4. The van der Waals surface area contributed by atoms with Crippen LogP contribution in [-0.2, 0) is 4.74 Å². The lowest BCUT2D eigenvalue weighted by Gasteiger charge is -2.44. The molecule has 0 heterocycles. The lowest BCUT2D eigenvalue weighted by atomic mass is 9.60. The minimum Gasteiger partial charge on any atom is -0.396 e. The van der Waals surface area contributed by atoms with Crippen molar-refractivity contribution in [3.63, 3.8) is 0 Å². The number of unbranched alkanes of at least 4 members (excludes halogenated alkanes) is 1. The van der Waals surface area contributed by atoms with Crippen LogP contribution in [0, 0.1) is 23.2 Å². The summed E-state index contributed by atoms with van der Waals surface area (Å²) in [5.74, 6) is 1.98. The van der Waals surface area contributed by atoms with Gasteiger partial charge in [-0.15, -0.1) is 0 Å². The highest BCUT2D eigenvalue weighted by Gasteiger charge is 2.50. The second-order valence-corrected chi connectivity index (χ2v) is 12.7. The predicted molar refractivity (Wildman–Crippen MR) is 145 cm³/mol. The monoisotopic (exact) mass is 504 g/mol. The molecule has 7 atom stereocenters. The fourth-order valence-electron chi connectivity index (χ4n) is 7.36. The van der Waals surface area contributed by atoms with Crippen molar-refractivity contribution in [2.45, 2.75) is 122 Å². The average Bonchev–Trinajstić information content (AvgIpc) is 3.16.